The molecular formula is C20H21NO4. The highest BCUT2D eigenvalue weighted by Gasteiger charge is 2.21. The summed E-state index contributed by atoms with van der Waals surface area (Å²) in [5, 5.41) is 0. The first-order valence-electron chi connectivity index (χ1n) is 7.88. The molecule has 0 heterocycles. The van der Waals surface area contributed by atoms with E-state index in [0.717, 1.165) is 16.7 Å². The highest BCUT2D eigenvalue weighted by atomic mass is 16.6. The minimum Gasteiger partial charge on any atom is -0.457 e. The van der Waals surface area contributed by atoms with Gasteiger partial charge in [-0.1, -0.05) is 36.4 Å². The van der Waals surface area contributed by atoms with Crippen LogP contribution in [-0.4, -0.2) is 11.9 Å². The maximum atomic E-state index is 12.3. The Kier molecular flexibility index (Phi) is 5.95. The van der Waals surface area contributed by atoms with Crippen molar-refractivity contribution in [2.45, 2.75) is 27.4 Å². The lowest BCUT2D eigenvalue weighted by Gasteiger charge is -2.11. The molecule has 0 radical (unpaired) electrons. The van der Waals surface area contributed by atoms with Crippen molar-refractivity contribution in [3.8, 4) is 5.75 Å². The summed E-state index contributed by atoms with van der Waals surface area (Å²) in [6.07, 6.45) is 1.38. The average Bonchev–Trinajstić information content (AvgIpc) is 2.59. The molecule has 0 unspecified atom stereocenters. The lowest BCUT2D eigenvalue weighted by Crippen LogP contribution is -2.20. The zero-order chi connectivity index (χ0) is 18.4. The first-order chi connectivity index (χ1) is 11.9. The van der Waals surface area contributed by atoms with E-state index in [1.807, 2.05) is 44.2 Å². The summed E-state index contributed by atoms with van der Waals surface area (Å²) >= 11 is 0. The molecule has 2 aromatic rings. The number of rotatable bonds is 5. The lowest BCUT2D eigenvalue weighted by molar-refractivity contribution is -0.144. The minimum absolute atomic E-state index is 0.0877. The molecule has 0 bridgehead atoms. The predicted octanol–water partition coefficient (Wildman–Crippen LogP) is 3.48. The van der Waals surface area contributed by atoms with Gasteiger partial charge in [-0.3, -0.25) is 0 Å². The van der Waals surface area contributed by atoms with Crippen molar-refractivity contribution in [2.24, 2.45) is 0 Å². The van der Waals surface area contributed by atoms with Crippen LogP contribution in [0.2, 0.25) is 0 Å². The van der Waals surface area contributed by atoms with Crippen molar-refractivity contribution in [2.75, 3.05) is 5.73 Å². The Labute approximate surface area is 147 Å². The first-order valence-corrected chi connectivity index (χ1v) is 7.88. The van der Waals surface area contributed by atoms with Crippen LogP contribution >= 0.6 is 0 Å². The van der Waals surface area contributed by atoms with Gasteiger partial charge in [0.05, 0.1) is 0 Å². The number of nitrogens with two attached hydrogens (primary N) is 1. The number of anilines is 1. The van der Waals surface area contributed by atoms with Crippen molar-refractivity contribution in [1.29, 1.82) is 0 Å². The summed E-state index contributed by atoms with van der Waals surface area (Å²) < 4.78 is 10.5. The summed E-state index contributed by atoms with van der Waals surface area (Å²) in [6, 6.07) is 12.5. The van der Waals surface area contributed by atoms with Gasteiger partial charge in [-0.15, -0.1) is 0 Å². The third kappa shape index (κ3) is 4.70. The fraction of sp³-hybridized carbons (Fsp3) is 0.200. The van der Waals surface area contributed by atoms with Gasteiger partial charge in [0.15, 0.2) is 0 Å². The average molecular weight is 339 g/mol. The van der Waals surface area contributed by atoms with Crippen molar-refractivity contribution < 1.29 is 19.1 Å². The molecule has 130 valence electrons. The summed E-state index contributed by atoms with van der Waals surface area (Å²) in [4.78, 5) is 24.4. The van der Waals surface area contributed by atoms with E-state index >= 15 is 0 Å². The second kappa shape index (κ2) is 8.15. The smallest absolute Gasteiger partial charge is 0.350 e. The topological polar surface area (TPSA) is 78.6 Å². The Hall–Kier alpha value is -3.08. The number of hydrogen-bond acceptors (Lipinski definition) is 5. The van der Waals surface area contributed by atoms with E-state index in [0.29, 0.717) is 11.4 Å². The number of esters is 2. The van der Waals surface area contributed by atoms with Crippen molar-refractivity contribution in [1.82, 2.24) is 0 Å². The van der Waals surface area contributed by atoms with Crippen LogP contribution in [0.25, 0.3) is 0 Å². The predicted molar refractivity (Wildman–Crippen MR) is 96.0 cm³/mol. The molecule has 2 rings (SSSR count). The van der Waals surface area contributed by atoms with E-state index in [-0.39, 0.29) is 12.2 Å². The van der Waals surface area contributed by atoms with Gasteiger partial charge in [0.25, 0.3) is 0 Å². The maximum Gasteiger partial charge on any atom is 0.350 e. The van der Waals surface area contributed by atoms with Gasteiger partial charge in [-0.05, 0) is 49.6 Å². The largest absolute Gasteiger partial charge is 0.457 e. The number of carbonyl (C=O) groups excluding carboxylic acids is 2. The van der Waals surface area contributed by atoms with Crippen molar-refractivity contribution in [3.63, 3.8) is 0 Å². The second-order valence-corrected chi connectivity index (χ2v) is 5.62. The van der Waals surface area contributed by atoms with E-state index in [2.05, 4.69) is 0 Å². The van der Waals surface area contributed by atoms with Crippen LogP contribution in [0.3, 0.4) is 0 Å². The SMILES string of the molecule is CC=C(C(=O)OCc1ccccc1)C(=O)Oc1cc(C)c(N)c(C)c1. The van der Waals surface area contributed by atoms with Crippen LogP contribution in [0.5, 0.6) is 5.75 Å². The number of benzene rings is 2. The van der Waals surface area contributed by atoms with Crippen LogP contribution in [0.15, 0.2) is 54.1 Å². The molecule has 25 heavy (non-hydrogen) atoms. The van der Waals surface area contributed by atoms with Crippen LogP contribution in [0.4, 0.5) is 5.69 Å². The zero-order valence-electron chi connectivity index (χ0n) is 14.5. The van der Waals surface area contributed by atoms with Crippen LogP contribution < -0.4 is 10.5 Å². The van der Waals surface area contributed by atoms with Gasteiger partial charge < -0.3 is 15.2 Å². The zero-order valence-corrected chi connectivity index (χ0v) is 14.5. The number of hydrogen-bond donors (Lipinski definition) is 1. The highest BCUT2D eigenvalue weighted by Crippen LogP contribution is 2.24. The molecule has 0 aromatic heterocycles. The molecule has 0 atom stereocenters. The number of nitrogen functional groups attached to an aromatic ring is 1. The minimum atomic E-state index is -0.760. The normalized spacial score (nSPS) is 11.1. The number of carbonyl (C=O) groups is 2. The Morgan fingerprint density at radius 3 is 2.20 bits per heavy atom. The Balaban J connectivity index is 2.04. The third-order valence-corrected chi connectivity index (χ3v) is 3.72. The van der Waals surface area contributed by atoms with E-state index in [4.69, 9.17) is 15.2 Å². The molecule has 0 saturated heterocycles. The van der Waals surface area contributed by atoms with Gasteiger partial charge in [0.2, 0.25) is 0 Å². The molecule has 0 amide bonds. The highest BCUT2D eigenvalue weighted by molar-refractivity contribution is 6.14. The maximum absolute atomic E-state index is 12.3. The van der Waals surface area contributed by atoms with Crippen molar-refractivity contribution >= 4 is 17.6 Å². The molecule has 5 nitrogen and oxygen atoms in total. The van der Waals surface area contributed by atoms with Gasteiger partial charge in [0.1, 0.15) is 17.9 Å². The Morgan fingerprint density at radius 2 is 1.64 bits per heavy atom. The van der Waals surface area contributed by atoms with Crippen molar-refractivity contribution in [3.05, 3.63) is 70.8 Å². The molecule has 2 N–H and O–H groups in total. The fourth-order valence-corrected chi connectivity index (χ4v) is 2.28. The van der Waals surface area contributed by atoms with Gasteiger partial charge in [-0.25, -0.2) is 9.59 Å². The Morgan fingerprint density at radius 1 is 1.04 bits per heavy atom. The summed E-state index contributed by atoms with van der Waals surface area (Å²) in [7, 11) is 0. The lowest BCUT2D eigenvalue weighted by atomic mass is 10.1. The van der Waals surface area contributed by atoms with Gasteiger partial charge in [0, 0.05) is 5.69 Å². The number of aryl methyl sites for hydroxylation is 2. The third-order valence-electron chi connectivity index (χ3n) is 3.72. The molecule has 0 fully saturated rings. The van der Waals surface area contributed by atoms with Crippen LogP contribution in [0, 0.1) is 13.8 Å². The second-order valence-electron chi connectivity index (χ2n) is 5.62. The van der Waals surface area contributed by atoms with Gasteiger partial charge in [-0.2, -0.15) is 0 Å². The fourth-order valence-electron chi connectivity index (χ4n) is 2.28. The standard InChI is InChI=1S/C20H21NO4/c1-4-17(19(22)24-12-15-8-6-5-7-9-15)20(23)25-16-10-13(2)18(21)14(3)11-16/h4-11H,12,21H2,1-3H3. The molecule has 0 saturated carbocycles. The molecule has 2 aromatic carbocycles. The van der Waals surface area contributed by atoms with E-state index in [1.165, 1.54) is 6.08 Å². The summed E-state index contributed by atoms with van der Waals surface area (Å²) in [6.45, 7) is 5.32. The quantitative estimate of drug-likeness (QED) is 0.225. The van der Waals surface area contributed by atoms with Gasteiger partial charge >= 0.3 is 11.9 Å². The van der Waals surface area contributed by atoms with E-state index in [1.54, 1.807) is 19.1 Å². The van der Waals surface area contributed by atoms with Crippen LogP contribution in [-0.2, 0) is 20.9 Å². The molecule has 0 aliphatic carbocycles. The molecule has 5 heteroatoms. The molecule has 0 aliphatic heterocycles. The Bertz CT molecular complexity index is 787. The number of allylic oxidation sites excluding steroid dienone is 1. The van der Waals surface area contributed by atoms with Crippen LogP contribution in [0.1, 0.15) is 23.6 Å². The molecule has 0 spiro atoms. The summed E-state index contributed by atoms with van der Waals surface area (Å²) in [5.74, 6) is -1.14. The summed E-state index contributed by atoms with van der Waals surface area (Å²) in [5.41, 5.74) is 8.82. The molecular weight excluding hydrogens is 318 g/mol. The molecule has 0 aliphatic rings. The monoisotopic (exact) mass is 339 g/mol. The van der Waals surface area contributed by atoms with E-state index in [9.17, 15) is 9.59 Å². The number of ether oxygens (including phenoxy) is 2. The first kappa shape index (κ1) is 18.3. The van der Waals surface area contributed by atoms with E-state index < -0.39 is 11.9 Å².